The van der Waals surface area contributed by atoms with Gasteiger partial charge in [-0.1, -0.05) is 18.2 Å². The van der Waals surface area contributed by atoms with Gasteiger partial charge < -0.3 is 10.5 Å². The topological polar surface area (TPSA) is 35.2 Å². The van der Waals surface area contributed by atoms with Crippen molar-refractivity contribution in [3.63, 3.8) is 0 Å². The molecule has 82 valence electrons. The number of fused-ring (bicyclic) bond motifs is 1. The van der Waals surface area contributed by atoms with Gasteiger partial charge in [0.2, 0.25) is 0 Å². The fourth-order valence-electron chi connectivity index (χ4n) is 1.65. The number of alkyl halides is 3. The molecule has 0 spiro atoms. The first-order chi connectivity index (χ1) is 6.98. The van der Waals surface area contributed by atoms with Crippen LogP contribution in [0.15, 0.2) is 24.3 Å². The van der Waals surface area contributed by atoms with Crippen LogP contribution < -0.4 is 10.5 Å². The second-order valence-electron chi connectivity index (χ2n) is 3.53. The van der Waals surface area contributed by atoms with E-state index in [0.29, 0.717) is 5.56 Å². The van der Waals surface area contributed by atoms with Gasteiger partial charge in [0.1, 0.15) is 5.75 Å². The summed E-state index contributed by atoms with van der Waals surface area (Å²) in [4.78, 5) is 0. The smallest absolute Gasteiger partial charge is 0.425 e. The number of hydrogen-bond acceptors (Lipinski definition) is 2. The predicted molar refractivity (Wildman–Crippen MR) is 48.5 cm³/mol. The van der Waals surface area contributed by atoms with Gasteiger partial charge in [0.15, 0.2) is 6.10 Å². The van der Waals surface area contributed by atoms with Crippen molar-refractivity contribution >= 4 is 0 Å². The highest BCUT2D eigenvalue weighted by Crippen LogP contribution is 2.38. The molecule has 2 atom stereocenters. The van der Waals surface area contributed by atoms with Crippen LogP contribution in [0.4, 0.5) is 13.2 Å². The molecule has 1 aliphatic rings. The summed E-state index contributed by atoms with van der Waals surface area (Å²) in [5.41, 5.74) is 6.29. The lowest BCUT2D eigenvalue weighted by Crippen LogP contribution is -2.40. The van der Waals surface area contributed by atoms with Crippen LogP contribution in [-0.4, -0.2) is 12.3 Å². The Morgan fingerprint density at radius 2 is 1.93 bits per heavy atom. The van der Waals surface area contributed by atoms with Crippen molar-refractivity contribution in [1.29, 1.82) is 0 Å². The standard InChI is InChI=1S/C10H10F3NO/c11-10(12,13)9-5-7(14)6-3-1-2-4-8(6)15-9/h1-4,7,9H,5,14H2/t7-,9-/m1/s1. The number of hydrogen-bond donors (Lipinski definition) is 1. The highest BCUT2D eigenvalue weighted by Gasteiger charge is 2.45. The summed E-state index contributed by atoms with van der Waals surface area (Å²) in [6, 6.07) is 5.95. The molecule has 0 bridgehead atoms. The Hall–Kier alpha value is -1.23. The van der Waals surface area contributed by atoms with Crippen molar-refractivity contribution in [2.24, 2.45) is 5.73 Å². The van der Waals surface area contributed by atoms with Crippen LogP contribution in [0, 0.1) is 0 Å². The highest BCUT2D eigenvalue weighted by atomic mass is 19.4. The Labute approximate surface area is 84.8 Å². The molecule has 0 radical (unpaired) electrons. The molecular weight excluding hydrogens is 207 g/mol. The van der Waals surface area contributed by atoms with Gasteiger partial charge in [-0.25, -0.2) is 0 Å². The molecule has 5 heteroatoms. The van der Waals surface area contributed by atoms with Crippen LogP contribution in [-0.2, 0) is 0 Å². The van der Waals surface area contributed by atoms with Crippen LogP contribution in [0.1, 0.15) is 18.0 Å². The van der Waals surface area contributed by atoms with Crippen LogP contribution >= 0.6 is 0 Å². The van der Waals surface area contributed by atoms with E-state index in [1.807, 2.05) is 0 Å². The summed E-state index contributed by atoms with van der Waals surface area (Å²) in [7, 11) is 0. The van der Waals surface area contributed by atoms with E-state index in [-0.39, 0.29) is 12.2 Å². The third kappa shape index (κ3) is 1.92. The number of rotatable bonds is 0. The third-order valence-corrected chi connectivity index (χ3v) is 2.42. The Balaban J connectivity index is 2.30. The summed E-state index contributed by atoms with van der Waals surface area (Å²) in [5.74, 6) is 0.235. The zero-order chi connectivity index (χ0) is 11.1. The van der Waals surface area contributed by atoms with E-state index in [1.54, 1.807) is 18.2 Å². The van der Waals surface area contributed by atoms with Gasteiger partial charge in [-0.05, 0) is 6.07 Å². The van der Waals surface area contributed by atoms with E-state index in [4.69, 9.17) is 10.5 Å². The van der Waals surface area contributed by atoms with Gasteiger partial charge in [-0.2, -0.15) is 13.2 Å². The van der Waals surface area contributed by atoms with Gasteiger partial charge in [-0.15, -0.1) is 0 Å². The molecule has 0 saturated carbocycles. The maximum Gasteiger partial charge on any atom is 0.425 e. The first-order valence-corrected chi connectivity index (χ1v) is 4.56. The van der Waals surface area contributed by atoms with Crippen LogP contribution in [0.3, 0.4) is 0 Å². The molecule has 0 saturated heterocycles. The van der Waals surface area contributed by atoms with Gasteiger partial charge >= 0.3 is 6.18 Å². The molecule has 1 heterocycles. The average molecular weight is 217 g/mol. The molecule has 1 aromatic carbocycles. The molecule has 2 nitrogen and oxygen atoms in total. The number of benzene rings is 1. The summed E-state index contributed by atoms with van der Waals surface area (Å²) < 4.78 is 42.1. The van der Waals surface area contributed by atoms with Crippen molar-refractivity contribution in [3.05, 3.63) is 29.8 Å². The number of halogens is 3. The van der Waals surface area contributed by atoms with Crippen LogP contribution in [0.25, 0.3) is 0 Å². The van der Waals surface area contributed by atoms with Gasteiger partial charge in [-0.3, -0.25) is 0 Å². The van der Waals surface area contributed by atoms with Crippen molar-refractivity contribution in [3.8, 4) is 5.75 Å². The highest BCUT2D eigenvalue weighted by molar-refractivity contribution is 5.37. The number of nitrogens with two attached hydrogens (primary N) is 1. The zero-order valence-electron chi connectivity index (χ0n) is 7.79. The van der Waals surface area contributed by atoms with E-state index >= 15 is 0 Å². The number of ether oxygens (including phenoxy) is 1. The second kappa shape index (κ2) is 3.41. The monoisotopic (exact) mass is 217 g/mol. The third-order valence-electron chi connectivity index (χ3n) is 2.42. The molecule has 0 amide bonds. The molecule has 0 aromatic heterocycles. The largest absolute Gasteiger partial charge is 0.481 e. The van der Waals surface area contributed by atoms with Gasteiger partial charge in [0, 0.05) is 18.0 Å². The SMILES string of the molecule is N[C@@H]1C[C@H](C(F)(F)F)Oc2ccccc21. The molecule has 0 fully saturated rings. The summed E-state index contributed by atoms with van der Waals surface area (Å²) in [6.07, 6.45) is -6.37. The van der Waals surface area contributed by atoms with Crippen molar-refractivity contribution < 1.29 is 17.9 Å². The molecule has 1 aliphatic heterocycles. The Morgan fingerprint density at radius 3 is 2.60 bits per heavy atom. The second-order valence-corrected chi connectivity index (χ2v) is 3.53. The minimum atomic E-state index is -4.36. The van der Waals surface area contributed by atoms with Crippen molar-refractivity contribution in [2.45, 2.75) is 24.7 Å². The predicted octanol–water partition coefficient (Wildman–Crippen LogP) is 2.40. The van der Waals surface area contributed by atoms with Crippen molar-refractivity contribution in [1.82, 2.24) is 0 Å². The summed E-state index contributed by atoms with van der Waals surface area (Å²) in [5, 5.41) is 0. The Kier molecular flexibility index (Phi) is 2.34. The molecule has 0 unspecified atom stereocenters. The van der Waals surface area contributed by atoms with Gasteiger partial charge in [0.05, 0.1) is 0 Å². The van der Waals surface area contributed by atoms with Gasteiger partial charge in [0.25, 0.3) is 0 Å². The summed E-state index contributed by atoms with van der Waals surface area (Å²) >= 11 is 0. The van der Waals surface area contributed by atoms with E-state index in [1.165, 1.54) is 6.07 Å². The average Bonchev–Trinajstić information content (AvgIpc) is 2.16. The van der Waals surface area contributed by atoms with E-state index < -0.39 is 18.3 Å². The normalized spacial score (nSPS) is 25.6. The quantitative estimate of drug-likeness (QED) is 0.724. The van der Waals surface area contributed by atoms with Crippen molar-refractivity contribution in [2.75, 3.05) is 0 Å². The Bertz CT molecular complexity index is 364. The maximum atomic E-state index is 12.4. The van der Waals surface area contributed by atoms with E-state index in [2.05, 4.69) is 0 Å². The minimum absolute atomic E-state index is 0.222. The lowest BCUT2D eigenvalue weighted by Gasteiger charge is -2.31. The molecule has 1 aromatic rings. The fraction of sp³-hybridized carbons (Fsp3) is 0.400. The summed E-state index contributed by atoms with van der Waals surface area (Å²) in [6.45, 7) is 0. The zero-order valence-corrected chi connectivity index (χ0v) is 7.79. The Morgan fingerprint density at radius 1 is 1.27 bits per heavy atom. The minimum Gasteiger partial charge on any atom is -0.481 e. The fourth-order valence-corrected chi connectivity index (χ4v) is 1.65. The maximum absolute atomic E-state index is 12.4. The first kappa shape index (κ1) is 10.3. The van der Waals surface area contributed by atoms with E-state index in [9.17, 15) is 13.2 Å². The van der Waals surface area contributed by atoms with E-state index in [0.717, 1.165) is 0 Å². The lowest BCUT2D eigenvalue weighted by molar-refractivity contribution is -0.200. The number of para-hydroxylation sites is 1. The first-order valence-electron chi connectivity index (χ1n) is 4.56. The lowest BCUT2D eigenvalue weighted by atomic mass is 9.97. The molecule has 15 heavy (non-hydrogen) atoms. The molecular formula is C10H10F3NO. The van der Waals surface area contributed by atoms with Crippen LogP contribution in [0.2, 0.25) is 0 Å². The molecule has 0 aliphatic carbocycles. The molecule has 2 N–H and O–H groups in total. The van der Waals surface area contributed by atoms with Crippen LogP contribution in [0.5, 0.6) is 5.75 Å². The molecule has 2 rings (SSSR count).